The molecule has 2 rings (SSSR count). The molecule has 1 heterocycles. The second-order valence-corrected chi connectivity index (χ2v) is 5.95. The van der Waals surface area contributed by atoms with Gasteiger partial charge in [0.05, 0.1) is 12.6 Å². The lowest BCUT2D eigenvalue weighted by atomic mass is 9.93. The Morgan fingerprint density at radius 1 is 1.26 bits per heavy atom. The van der Waals surface area contributed by atoms with Crippen LogP contribution >= 0.6 is 0 Å². The maximum absolute atomic E-state index is 6.01. The molecule has 0 aromatic heterocycles. The van der Waals surface area contributed by atoms with Crippen LogP contribution in [0.2, 0.25) is 0 Å². The smallest absolute Gasteiger partial charge is 0.191 e. The molecule has 0 saturated heterocycles. The average molecular weight is 259 g/mol. The molecule has 0 fully saturated rings. The van der Waals surface area contributed by atoms with Crippen LogP contribution < -0.4 is 5.73 Å². The van der Waals surface area contributed by atoms with Gasteiger partial charge in [-0.3, -0.25) is 4.99 Å². The molecule has 0 radical (unpaired) electrons. The first-order valence-electron chi connectivity index (χ1n) is 7.19. The predicted molar refractivity (Wildman–Crippen MR) is 81.3 cm³/mol. The van der Waals surface area contributed by atoms with Crippen molar-refractivity contribution in [1.82, 2.24) is 4.90 Å². The number of benzene rings is 1. The summed E-state index contributed by atoms with van der Waals surface area (Å²) < 4.78 is 0. The largest absolute Gasteiger partial charge is 0.370 e. The van der Waals surface area contributed by atoms with Crippen molar-refractivity contribution in [3.8, 4) is 0 Å². The molecule has 3 heteroatoms. The quantitative estimate of drug-likeness (QED) is 0.883. The van der Waals surface area contributed by atoms with Crippen LogP contribution in [-0.4, -0.2) is 30.0 Å². The van der Waals surface area contributed by atoms with Crippen molar-refractivity contribution in [2.45, 2.75) is 39.2 Å². The van der Waals surface area contributed by atoms with E-state index in [2.05, 4.69) is 61.0 Å². The third kappa shape index (κ3) is 3.49. The molecule has 19 heavy (non-hydrogen) atoms. The molecule has 104 valence electrons. The number of rotatable bonds is 5. The van der Waals surface area contributed by atoms with Crippen molar-refractivity contribution in [1.29, 1.82) is 0 Å². The predicted octanol–water partition coefficient (Wildman–Crippen LogP) is 2.84. The summed E-state index contributed by atoms with van der Waals surface area (Å²) in [7, 11) is 0. The first-order chi connectivity index (χ1) is 9.08. The first-order valence-corrected chi connectivity index (χ1v) is 7.19. The van der Waals surface area contributed by atoms with Crippen LogP contribution in [-0.2, 0) is 0 Å². The van der Waals surface area contributed by atoms with E-state index in [0.717, 1.165) is 25.5 Å². The van der Waals surface area contributed by atoms with E-state index in [1.807, 2.05) is 0 Å². The Balaban J connectivity index is 1.99. The monoisotopic (exact) mass is 259 g/mol. The molecular weight excluding hydrogens is 234 g/mol. The molecule has 1 aliphatic rings. The minimum absolute atomic E-state index is 0.456. The van der Waals surface area contributed by atoms with Crippen LogP contribution in [0.25, 0.3) is 0 Å². The van der Waals surface area contributed by atoms with Crippen molar-refractivity contribution < 1.29 is 0 Å². The Morgan fingerprint density at radius 2 is 1.95 bits per heavy atom. The van der Waals surface area contributed by atoms with E-state index in [4.69, 9.17) is 5.73 Å². The van der Waals surface area contributed by atoms with Gasteiger partial charge in [-0.2, -0.15) is 0 Å². The molecule has 0 saturated carbocycles. The minimum atomic E-state index is 0.456. The highest BCUT2D eigenvalue weighted by atomic mass is 15.3. The zero-order chi connectivity index (χ0) is 13.8. The Morgan fingerprint density at radius 3 is 2.58 bits per heavy atom. The molecule has 2 atom stereocenters. The van der Waals surface area contributed by atoms with Gasteiger partial charge in [0.1, 0.15) is 0 Å². The molecule has 0 spiro atoms. The third-order valence-corrected chi connectivity index (χ3v) is 3.76. The lowest BCUT2D eigenvalue weighted by molar-refractivity contribution is 0.282. The van der Waals surface area contributed by atoms with Crippen LogP contribution in [0.15, 0.2) is 35.3 Å². The van der Waals surface area contributed by atoms with Gasteiger partial charge in [-0.05, 0) is 23.8 Å². The molecular formula is C16H25N3. The average Bonchev–Trinajstić information content (AvgIpc) is 2.72. The second-order valence-electron chi connectivity index (χ2n) is 5.95. The van der Waals surface area contributed by atoms with Gasteiger partial charge in [0.15, 0.2) is 5.96 Å². The molecule has 1 aliphatic heterocycles. The summed E-state index contributed by atoms with van der Waals surface area (Å²) in [4.78, 5) is 6.70. The number of nitrogens with two attached hydrogens (primary N) is 1. The zero-order valence-electron chi connectivity index (χ0n) is 12.2. The number of guanidine groups is 1. The molecule has 2 unspecified atom stereocenters. The Kier molecular flexibility index (Phi) is 4.46. The van der Waals surface area contributed by atoms with Gasteiger partial charge in [0.2, 0.25) is 0 Å². The standard InChI is InChI=1S/C16H25N3/c1-12(2)11-19-15(10-18-16(19)17)9-13(3)14-7-5-4-6-8-14/h4-8,12-13,15H,9-11H2,1-3H3,(H2,17,18). The number of aliphatic imine (C=N–C) groups is 1. The Labute approximate surface area is 116 Å². The van der Waals surface area contributed by atoms with E-state index in [0.29, 0.717) is 17.9 Å². The molecule has 0 bridgehead atoms. The summed E-state index contributed by atoms with van der Waals surface area (Å²) in [6.45, 7) is 8.58. The SMILES string of the molecule is CC(C)CN1C(N)=NCC1CC(C)c1ccccc1. The van der Waals surface area contributed by atoms with E-state index in [1.54, 1.807) is 0 Å². The first kappa shape index (κ1) is 13.9. The molecule has 2 N–H and O–H groups in total. The topological polar surface area (TPSA) is 41.6 Å². The van der Waals surface area contributed by atoms with Crippen LogP contribution in [0, 0.1) is 5.92 Å². The van der Waals surface area contributed by atoms with Crippen molar-refractivity contribution in [2.75, 3.05) is 13.1 Å². The van der Waals surface area contributed by atoms with E-state index in [1.165, 1.54) is 5.56 Å². The van der Waals surface area contributed by atoms with E-state index in [9.17, 15) is 0 Å². The van der Waals surface area contributed by atoms with E-state index in [-0.39, 0.29) is 0 Å². The fraction of sp³-hybridized carbons (Fsp3) is 0.562. The molecule has 0 aliphatic carbocycles. The maximum Gasteiger partial charge on any atom is 0.191 e. The summed E-state index contributed by atoms with van der Waals surface area (Å²) >= 11 is 0. The third-order valence-electron chi connectivity index (χ3n) is 3.76. The highest BCUT2D eigenvalue weighted by Gasteiger charge is 2.27. The van der Waals surface area contributed by atoms with Gasteiger partial charge in [0.25, 0.3) is 0 Å². The lowest BCUT2D eigenvalue weighted by Gasteiger charge is -2.29. The highest BCUT2D eigenvalue weighted by Crippen LogP contribution is 2.25. The normalized spacial score (nSPS) is 20.7. The highest BCUT2D eigenvalue weighted by molar-refractivity contribution is 5.80. The fourth-order valence-electron chi connectivity index (χ4n) is 2.74. The molecule has 1 aromatic rings. The zero-order valence-corrected chi connectivity index (χ0v) is 12.2. The van der Waals surface area contributed by atoms with E-state index >= 15 is 0 Å². The lowest BCUT2D eigenvalue weighted by Crippen LogP contribution is -2.43. The van der Waals surface area contributed by atoms with Crippen LogP contribution in [0.1, 0.15) is 38.7 Å². The second kappa shape index (κ2) is 6.09. The summed E-state index contributed by atoms with van der Waals surface area (Å²) in [5, 5.41) is 0. The maximum atomic E-state index is 6.01. The number of hydrogen-bond acceptors (Lipinski definition) is 3. The van der Waals surface area contributed by atoms with Gasteiger partial charge >= 0.3 is 0 Å². The summed E-state index contributed by atoms with van der Waals surface area (Å²) in [6, 6.07) is 11.2. The number of hydrogen-bond donors (Lipinski definition) is 1. The van der Waals surface area contributed by atoms with Crippen molar-refractivity contribution in [3.63, 3.8) is 0 Å². The molecule has 3 nitrogen and oxygen atoms in total. The summed E-state index contributed by atoms with van der Waals surface area (Å²) in [5.74, 6) is 1.88. The Hall–Kier alpha value is -1.51. The van der Waals surface area contributed by atoms with Gasteiger partial charge in [-0.15, -0.1) is 0 Å². The van der Waals surface area contributed by atoms with Gasteiger partial charge in [-0.25, -0.2) is 0 Å². The molecule has 1 aromatic carbocycles. The summed E-state index contributed by atoms with van der Waals surface area (Å²) in [5.41, 5.74) is 7.41. The Bertz CT molecular complexity index is 425. The van der Waals surface area contributed by atoms with Crippen molar-refractivity contribution in [3.05, 3.63) is 35.9 Å². The van der Waals surface area contributed by atoms with E-state index < -0.39 is 0 Å². The fourth-order valence-corrected chi connectivity index (χ4v) is 2.74. The minimum Gasteiger partial charge on any atom is -0.370 e. The van der Waals surface area contributed by atoms with Crippen molar-refractivity contribution in [2.24, 2.45) is 16.6 Å². The van der Waals surface area contributed by atoms with Crippen LogP contribution in [0.4, 0.5) is 0 Å². The van der Waals surface area contributed by atoms with Crippen LogP contribution in [0.5, 0.6) is 0 Å². The van der Waals surface area contributed by atoms with Crippen molar-refractivity contribution >= 4 is 5.96 Å². The molecule has 0 amide bonds. The van der Waals surface area contributed by atoms with Gasteiger partial charge in [-0.1, -0.05) is 51.1 Å². The summed E-state index contributed by atoms with van der Waals surface area (Å²) in [6.07, 6.45) is 1.11. The van der Waals surface area contributed by atoms with Gasteiger partial charge in [0, 0.05) is 6.54 Å². The number of nitrogens with zero attached hydrogens (tertiary/aromatic N) is 2. The van der Waals surface area contributed by atoms with Crippen LogP contribution in [0.3, 0.4) is 0 Å². The van der Waals surface area contributed by atoms with Gasteiger partial charge < -0.3 is 10.6 Å².